The first kappa shape index (κ1) is 17.0. The average molecular weight is 329 g/mol. The highest BCUT2D eigenvalue weighted by atomic mass is 16.5. The van der Waals surface area contributed by atoms with E-state index in [0.29, 0.717) is 12.5 Å². The van der Waals surface area contributed by atoms with Gasteiger partial charge in [-0.3, -0.25) is 4.79 Å². The Morgan fingerprint density at radius 1 is 1.42 bits per heavy atom. The van der Waals surface area contributed by atoms with Gasteiger partial charge in [0.25, 0.3) is 0 Å². The topological polar surface area (TPSA) is 38.8 Å². The van der Waals surface area contributed by atoms with Crippen LogP contribution in [-0.2, 0) is 14.9 Å². The van der Waals surface area contributed by atoms with Gasteiger partial charge in [-0.2, -0.15) is 0 Å². The lowest BCUT2D eigenvalue weighted by Crippen LogP contribution is -2.43. The number of hydrogen-bond donors (Lipinski definition) is 0. The third-order valence-corrected chi connectivity index (χ3v) is 5.67. The van der Waals surface area contributed by atoms with Crippen molar-refractivity contribution < 1.29 is 14.3 Å². The maximum atomic E-state index is 11.6. The zero-order chi connectivity index (χ0) is 17.3. The Balaban J connectivity index is 1.93. The van der Waals surface area contributed by atoms with Crippen molar-refractivity contribution >= 4 is 5.97 Å². The first-order chi connectivity index (χ1) is 11.5. The SMILES string of the molecule is CCC(=O)OC1=CCC2(c3ccc(OC)c(C)c3)CCN(C)C2C1. The molecule has 1 fully saturated rings. The molecular weight excluding hydrogens is 302 g/mol. The molecule has 0 aromatic heterocycles. The van der Waals surface area contributed by atoms with Crippen molar-refractivity contribution in [2.24, 2.45) is 0 Å². The van der Waals surface area contributed by atoms with Crippen LogP contribution in [0, 0.1) is 6.92 Å². The van der Waals surface area contributed by atoms with E-state index in [1.165, 1.54) is 11.1 Å². The van der Waals surface area contributed by atoms with Crippen molar-refractivity contribution in [3.8, 4) is 5.75 Å². The Bertz CT molecular complexity index is 667. The molecule has 130 valence electrons. The molecule has 0 bridgehead atoms. The number of aryl methyl sites for hydroxylation is 1. The summed E-state index contributed by atoms with van der Waals surface area (Å²) in [6.07, 6.45) is 5.39. The van der Waals surface area contributed by atoms with E-state index in [2.05, 4.69) is 43.1 Å². The first-order valence-corrected chi connectivity index (χ1v) is 8.75. The molecule has 2 aliphatic rings. The van der Waals surface area contributed by atoms with Gasteiger partial charge in [-0.15, -0.1) is 0 Å². The Hall–Kier alpha value is -1.81. The lowest BCUT2D eigenvalue weighted by Gasteiger charge is -2.40. The number of carbonyl (C=O) groups is 1. The molecule has 1 aromatic carbocycles. The van der Waals surface area contributed by atoms with Crippen LogP contribution in [0.25, 0.3) is 0 Å². The van der Waals surface area contributed by atoms with Crippen LogP contribution in [0.15, 0.2) is 30.0 Å². The van der Waals surface area contributed by atoms with Gasteiger partial charge in [-0.05, 0) is 56.6 Å². The number of likely N-dealkylation sites (N-methyl/N-ethyl adjacent to an activating group) is 1. The normalized spacial score (nSPS) is 26.7. The summed E-state index contributed by atoms with van der Waals surface area (Å²) in [6.45, 7) is 5.00. The third kappa shape index (κ3) is 2.84. The number of rotatable bonds is 4. The van der Waals surface area contributed by atoms with Crippen molar-refractivity contribution in [2.75, 3.05) is 20.7 Å². The smallest absolute Gasteiger partial charge is 0.310 e. The summed E-state index contributed by atoms with van der Waals surface area (Å²) in [7, 11) is 3.89. The van der Waals surface area contributed by atoms with Gasteiger partial charge in [0, 0.05) is 24.3 Å². The highest BCUT2D eigenvalue weighted by Gasteiger charge is 2.49. The first-order valence-electron chi connectivity index (χ1n) is 8.75. The van der Waals surface area contributed by atoms with Crippen LogP contribution < -0.4 is 4.74 Å². The Morgan fingerprint density at radius 3 is 2.88 bits per heavy atom. The van der Waals surface area contributed by atoms with E-state index in [0.717, 1.165) is 37.3 Å². The van der Waals surface area contributed by atoms with Crippen molar-refractivity contribution in [3.05, 3.63) is 41.2 Å². The molecule has 3 rings (SSSR count). The molecule has 1 heterocycles. The van der Waals surface area contributed by atoms with Crippen LogP contribution in [0.5, 0.6) is 5.75 Å². The summed E-state index contributed by atoms with van der Waals surface area (Å²) in [5, 5.41) is 0. The van der Waals surface area contributed by atoms with Gasteiger partial charge in [0.2, 0.25) is 0 Å². The molecule has 24 heavy (non-hydrogen) atoms. The number of ether oxygens (including phenoxy) is 2. The standard InChI is InChI=1S/C20H27NO3/c1-5-19(22)24-16-8-9-20(10-11-21(3)18(20)13-16)15-6-7-17(23-4)14(2)12-15/h6-8,12,18H,5,9-11,13H2,1-4H3. The molecule has 1 saturated heterocycles. The molecule has 2 atom stereocenters. The van der Waals surface area contributed by atoms with E-state index >= 15 is 0 Å². The van der Waals surface area contributed by atoms with Gasteiger partial charge in [0.05, 0.1) is 7.11 Å². The highest BCUT2D eigenvalue weighted by molar-refractivity contribution is 5.70. The highest BCUT2D eigenvalue weighted by Crippen LogP contribution is 2.48. The van der Waals surface area contributed by atoms with Crippen LogP contribution in [-0.4, -0.2) is 37.6 Å². The number of fused-ring (bicyclic) bond motifs is 1. The number of benzene rings is 1. The zero-order valence-corrected chi connectivity index (χ0v) is 15.1. The van der Waals surface area contributed by atoms with Gasteiger partial charge >= 0.3 is 5.97 Å². The van der Waals surface area contributed by atoms with E-state index < -0.39 is 0 Å². The summed E-state index contributed by atoms with van der Waals surface area (Å²) in [5.41, 5.74) is 2.64. The molecule has 1 aliphatic heterocycles. The molecule has 1 aromatic rings. The summed E-state index contributed by atoms with van der Waals surface area (Å²) in [4.78, 5) is 14.0. The lowest BCUT2D eigenvalue weighted by molar-refractivity contribution is -0.139. The maximum Gasteiger partial charge on any atom is 0.310 e. The Labute approximate surface area is 144 Å². The molecule has 0 radical (unpaired) electrons. The van der Waals surface area contributed by atoms with E-state index in [-0.39, 0.29) is 11.4 Å². The van der Waals surface area contributed by atoms with Crippen molar-refractivity contribution in [3.63, 3.8) is 0 Å². The minimum Gasteiger partial charge on any atom is -0.496 e. The van der Waals surface area contributed by atoms with Gasteiger partial charge in [0.15, 0.2) is 0 Å². The van der Waals surface area contributed by atoms with E-state index in [9.17, 15) is 4.79 Å². The number of hydrogen-bond acceptors (Lipinski definition) is 4. The van der Waals surface area contributed by atoms with Crippen molar-refractivity contribution in [1.29, 1.82) is 0 Å². The lowest BCUT2D eigenvalue weighted by atomic mass is 9.68. The summed E-state index contributed by atoms with van der Waals surface area (Å²) in [5.74, 6) is 1.62. The van der Waals surface area contributed by atoms with Crippen molar-refractivity contribution in [2.45, 2.75) is 51.0 Å². The largest absolute Gasteiger partial charge is 0.496 e. The summed E-state index contributed by atoms with van der Waals surface area (Å²) in [6, 6.07) is 6.91. The quantitative estimate of drug-likeness (QED) is 0.792. The fourth-order valence-corrected chi connectivity index (χ4v) is 4.22. The van der Waals surface area contributed by atoms with Crippen LogP contribution in [0.2, 0.25) is 0 Å². The number of nitrogens with zero attached hydrogens (tertiary/aromatic N) is 1. The minimum atomic E-state index is -0.144. The van der Waals surface area contributed by atoms with Gasteiger partial charge in [-0.1, -0.05) is 19.1 Å². The summed E-state index contributed by atoms with van der Waals surface area (Å²) < 4.78 is 10.9. The Kier molecular flexibility index (Phi) is 4.68. The predicted octanol–water partition coefficient (Wildman–Crippen LogP) is 3.58. The van der Waals surface area contributed by atoms with E-state index in [4.69, 9.17) is 9.47 Å². The van der Waals surface area contributed by atoms with E-state index in [1.54, 1.807) is 7.11 Å². The van der Waals surface area contributed by atoms with Gasteiger partial charge in [-0.25, -0.2) is 0 Å². The second-order valence-corrected chi connectivity index (χ2v) is 6.99. The molecular formula is C20H27NO3. The van der Waals surface area contributed by atoms with E-state index in [1.807, 2.05) is 6.92 Å². The number of carbonyl (C=O) groups excluding carboxylic acids is 1. The van der Waals surface area contributed by atoms with Gasteiger partial charge < -0.3 is 14.4 Å². The van der Waals surface area contributed by atoms with Crippen LogP contribution in [0.4, 0.5) is 0 Å². The molecule has 2 unspecified atom stereocenters. The average Bonchev–Trinajstić information content (AvgIpc) is 2.92. The van der Waals surface area contributed by atoms with Crippen molar-refractivity contribution in [1.82, 2.24) is 4.90 Å². The monoisotopic (exact) mass is 329 g/mol. The number of esters is 1. The molecule has 0 spiro atoms. The minimum absolute atomic E-state index is 0.105. The second kappa shape index (κ2) is 6.60. The molecule has 4 nitrogen and oxygen atoms in total. The predicted molar refractivity (Wildman–Crippen MR) is 94.1 cm³/mol. The van der Waals surface area contributed by atoms with Crippen LogP contribution >= 0.6 is 0 Å². The number of methoxy groups -OCH3 is 1. The fourth-order valence-electron chi connectivity index (χ4n) is 4.22. The fraction of sp³-hybridized carbons (Fsp3) is 0.550. The second-order valence-electron chi connectivity index (χ2n) is 6.99. The molecule has 1 aliphatic carbocycles. The molecule has 0 saturated carbocycles. The number of allylic oxidation sites excluding steroid dienone is 1. The Morgan fingerprint density at radius 2 is 2.21 bits per heavy atom. The van der Waals surface area contributed by atoms with Gasteiger partial charge in [0.1, 0.15) is 11.5 Å². The molecule has 4 heteroatoms. The zero-order valence-electron chi connectivity index (χ0n) is 15.1. The molecule has 0 amide bonds. The molecule has 0 N–H and O–H groups in total. The number of likely N-dealkylation sites (tertiary alicyclic amines) is 1. The maximum absolute atomic E-state index is 11.6. The van der Waals surface area contributed by atoms with Crippen LogP contribution in [0.3, 0.4) is 0 Å². The van der Waals surface area contributed by atoms with Crippen LogP contribution in [0.1, 0.15) is 43.7 Å². The summed E-state index contributed by atoms with van der Waals surface area (Å²) >= 11 is 0. The third-order valence-electron chi connectivity index (χ3n) is 5.67.